The Kier molecular flexibility index (Phi) is 2.88. The Labute approximate surface area is 91.6 Å². The molecule has 5 heteroatoms. The molecular formula is C10H11ClFN3. The summed E-state index contributed by atoms with van der Waals surface area (Å²) in [6.07, 6.45) is 0.773. The number of rotatable bonds is 3. The largest absolute Gasteiger partial charge is 0.330 e. The van der Waals surface area contributed by atoms with Gasteiger partial charge in [0.05, 0.1) is 0 Å². The first-order chi connectivity index (χ1) is 7.24. The van der Waals surface area contributed by atoms with Gasteiger partial charge in [-0.2, -0.15) is 5.10 Å². The van der Waals surface area contributed by atoms with E-state index >= 15 is 0 Å². The molecule has 0 saturated carbocycles. The van der Waals surface area contributed by atoms with E-state index in [0.29, 0.717) is 29.1 Å². The Morgan fingerprint density at radius 2 is 2.27 bits per heavy atom. The average Bonchev–Trinajstić information content (AvgIpc) is 2.55. The third kappa shape index (κ3) is 1.82. The Bertz CT molecular complexity index is 481. The molecule has 2 N–H and O–H groups in total. The van der Waals surface area contributed by atoms with Crippen molar-refractivity contribution in [3.63, 3.8) is 0 Å². The van der Waals surface area contributed by atoms with Crippen LogP contribution in [0.15, 0.2) is 18.2 Å². The van der Waals surface area contributed by atoms with Crippen LogP contribution in [0.1, 0.15) is 6.42 Å². The van der Waals surface area contributed by atoms with Crippen LogP contribution in [-0.4, -0.2) is 16.3 Å². The van der Waals surface area contributed by atoms with E-state index in [2.05, 4.69) is 5.10 Å². The van der Waals surface area contributed by atoms with Crippen LogP contribution in [0.25, 0.3) is 10.9 Å². The van der Waals surface area contributed by atoms with Crippen molar-refractivity contribution in [2.75, 3.05) is 6.54 Å². The molecule has 2 rings (SSSR count). The number of hydrogen-bond acceptors (Lipinski definition) is 2. The minimum absolute atomic E-state index is 0.319. The standard InChI is InChI=1S/C10H11ClFN3/c11-10-7-3-1-4-8(12)9(7)14-15(10)6-2-5-13/h1,3-4H,2,5-6,13H2. The number of hydrogen-bond donors (Lipinski definition) is 1. The van der Waals surface area contributed by atoms with Crippen molar-refractivity contribution >= 4 is 22.5 Å². The first-order valence-electron chi connectivity index (χ1n) is 4.74. The highest BCUT2D eigenvalue weighted by Crippen LogP contribution is 2.24. The Hall–Kier alpha value is -1.13. The maximum absolute atomic E-state index is 13.3. The van der Waals surface area contributed by atoms with Crippen molar-refractivity contribution in [3.8, 4) is 0 Å². The van der Waals surface area contributed by atoms with Gasteiger partial charge in [0.15, 0.2) is 5.82 Å². The number of aryl methyl sites for hydroxylation is 1. The molecule has 0 radical (unpaired) electrons. The fourth-order valence-electron chi connectivity index (χ4n) is 1.48. The van der Waals surface area contributed by atoms with Crippen molar-refractivity contribution in [1.82, 2.24) is 9.78 Å². The molecule has 1 aromatic carbocycles. The Morgan fingerprint density at radius 3 is 2.93 bits per heavy atom. The van der Waals surface area contributed by atoms with E-state index in [-0.39, 0.29) is 5.82 Å². The molecule has 0 fully saturated rings. The van der Waals surface area contributed by atoms with Crippen LogP contribution in [0.3, 0.4) is 0 Å². The van der Waals surface area contributed by atoms with Crippen LogP contribution in [0.4, 0.5) is 4.39 Å². The quantitative estimate of drug-likeness (QED) is 0.874. The zero-order chi connectivity index (χ0) is 10.8. The molecular weight excluding hydrogens is 217 g/mol. The summed E-state index contributed by atoms with van der Waals surface area (Å²) >= 11 is 6.06. The lowest BCUT2D eigenvalue weighted by molar-refractivity contribution is 0.583. The zero-order valence-corrected chi connectivity index (χ0v) is 8.84. The fourth-order valence-corrected chi connectivity index (χ4v) is 1.75. The van der Waals surface area contributed by atoms with Crippen molar-refractivity contribution in [1.29, 1.82) is 0 Å². The monoisotopic (exact) mass is 227 g/mol. The van der Waals surface area contributed by atoms with Gasteiger partial charge in [-0.25, -0.2) is 4.39 Å². The number of nitrogens with two attached hydrogens (primary N) is 1. The van der Waals surface area contributed by atoms with Gasteiger partial charge in [-0.05, 0) is 25.1 Å². The summed E-state index contributed by atoms with van der Waals surface area (Å²) in [5.74, 6) is -0.346. The van der Waals surface area contributed by atoms with Crippen molar-refractivity contribution in [2.24, 2.45) is 5.73 Å². The van der Waals surface area contributed by atoms with Crippen LogP contribution in [-0.2, 0) is 6.54 Å². The summed E-state index contributed by atoms with van der Waals surface area (Å²) < 4.78 is 14.9. The molecule has 0 aliphatic heterocycles. The number of nitrogens with zero attached hydrogens (tertiary/aromatic N) is 2. The summed E-state index contributed by atoms with van der Waals surface area (Å²) in [7, 11) is 0. The highest BCUT2D eigenvalue weighted by atomic mass is 35.5. The number of halogens is 2. The molecule has 0 bridgehead atoms. The lowest BCUT2D eigenvalue weighted by Crippen LogP contribution is -2.06. The second-order valence-electron chi connectivity index (χ2n) is 3.29. The first-order valence-corrected chi connectivity index (χ1v) is 5.12. The van der Waals surface area contributed by atoms with E-state index in [9.17, 15) is 4.39 Å². The lowest BCUT2D eigenvalue weighted by Gasteiger charge is -1.99. The fraction of sp³-hybridized carbons (Fsp3) is 0.300. The minimum atomic E-state index is -0.346. The van der Waals surface area contributed by atoms with Crippen LogP contribution in [0.2, 0.25) is 5.15 Å². The maximum Gasteiger partial charge on any atom is 0.151 e. The van der Waals surface area contributed by atoms with Crippen LogP contribution >= 0.6 is 11.6 Å². The van der Waals surface area contributed by atoms with E-state index in [1.54, 1.807) is 16.8 Å². The highest BCUT2D eigenvalue weighted by Gasteiger charge is 2.11. The topological polar surface area (TPSA) is 43.8 Å². The lowest BCUT2D eigenvalue weighted by atomic mass is 10.2. The first kappa shape index (κ1) is 10.4. The summed E-state index contributed by atoms with van der Waals surface area (Å²) in [5, 5.41) is 5.22. The second-order valence-corrected chi connectivity index (χ2v) is 3.65. The molecule has 0 unspecified atom stereocenters. The van der Waals surface area contributed by atoms with Gasteiger partial charge in [0.25, 0.3) is 0 Å². The van der Waals surface area contributed by atoms with E-state index in [4.69, 9.17) is 17.3 Å². The normalized spacial score (nSPS) is 11.1. The molecule has 15 heavy (non-hydrogen) atoms. The maximum atomic E-state index is 13.3. The molecule has 0 amide bonds. The number of aromatic nitrogens is 2. The smallest absolute Gasteiger partial charge is 0.151 e. The molecule has 1 heterocycles. The van der Waals surface area contributed by atoms with Crippen molar-refractivity contribution < 1.29 is 4.39 Å². The third-order valence-electron chi connectivity index (χ3n) is 2.23. The Balaban J connectivity index is 2.49. The zero-order valence-electron chi connectivity index (χ0n) is 8.08. The molecule has 0 saturated heterocycles. The minimum Gasteiger partial charge on any atom is -0.330 e. The summed E-state index contributed by atoms with van der Waals surface area (Å²) in [6.45, 7) is 1.18. The van der Waals surface area contributed by atoms with Gasteiger partial charge in [-0.15, -0.1) is 0 Å². The van der Waals surface area contributed by atoms with Gasteiger partial charge in [-0.1, -0.05) is 17.7 Å². The third-order valence-corrected chi connectivity index (χ3v) is 2.63. The van der Waals surface area contributed by atoms with Gasteiger partial charge < -0.3 is 5.73 Å². The highest BCUT2D eigenvalue weighted by molar-refractivity contribution is 6.34. The molecule has 0 aliphatic rings. The molecule has 2 aromatic rings. The molecule has 0 atom stereocenters. The van der Waals surface area contributed by atoms with E-state index in [1.807, 2.05) is 0 Å². The SMILES string of the molecule is NCCCn1nc2c(F)cccc2c1Cl. The summed E-state index contributed by atoms with van der Waals surface area (Å²) in [5.41, 5.74) is 5.71. The molecule has 0 spiro atoms. The van der Waals surface area contributed by atoms with Crippen LogP contribution in [0, 0.1) is 5.82 Å². The molecule has 0 aliphatic carbocycles. The van der Waals surface area contributed by atoms with Crippen molar-refractivity contribution in [2.45, 2.75) is 13.0 Å². The number of benzene rings is 1. The van der Waals surface area contributed by atoms with Crippen LogP contribution in [0.5, 0.6) is 0 Å². The predicted molar refractivity (Wildman–Crippen MR) is 58.4 cm³/mol. The number of fused-ring (bicyclic) bond motifs is 1. The van der Waals surface area contributed by atoms with Gasteiger partial charge >= 0.3 is 0 Å². The summed E-state index contributed by atoms with van der Waals surface area (Å²) in [4.78, 5) is 0. The molecule has 3 nitrogen and oxygen atoms in total. The van der Waals surface area contributed by atoms with E-state index < -0.39 is 0 Å². The summed E-state index contributed by atoms with van der Waals surface area (Å²) in [6, 6.07) is 4.75. The predicted octanol–water partition coefficient (Wildman–Crippen LogP) is 2.18. The van der Waals surface area contributed by atoms with Crippen molar-refractivity contribution in [3.05, 3.63) is 29.2 Å². The van der Waals surface area contributed by atoms with E-state index in [1.165, 1.54) is 6.07 Å². The van der Waals surface area contributed by atoms with Gasteiger partial charge in [0, 0.05) is 11.9 Å². The Morgan fingerprint density at radius 1 is 1.47 bits per heavy atom. The van der Waals surface area contributed by atoms with E-state index in [0.717, 1.165) is 6.42 Å². The van der Waals surface area contributed by atoms with Gasteiger partial charge in [0.1, 0.15) is 10.7 Å². The van der Waals surface area contributed by atoms with Crippen LogP contribution < -0.4 is 5.73 Å². The molecule has 80 valence electrons. The van der Waals surface area contributed by atoms with Gasteiger partial charge in [-0.3, -0.25) is 4.68 Å². The average molecular weight is 228 g/mol. The molecule has 1 aromatic heterocycles. The van der Waals surface area contributed by atoms with Gasteiger partial charge in [0.2, 0.25) is 0 Å². The second kappa shape index (κ2) is 4.16.